The van der Waals surface area contributed by atoms with E-state index >= 15 is 0 Å². The number of halogens is 1. The molecule has 1 aliphatic rings. The molecule has 0 radical (unpaired) electrons. The highest BCUT2D eigenvalue weighted by atomic mass is 19.1. The molecule has 0 fully saturated rings. The molecule has 0 unspecified atom stereocenters. The first-order valence-electron chi connectivity index (χ1n) is 6.37. The number of ketones is 1. The highest BCUT2D eigenvalue weighted by Crippen LogP contribution is 2.19. The number of hydrogen-bond donors (Lipinski definition) is 1. The number of hydrogen-bond acceptors (Lipinski definition) is 2. The third-order valence-corrected chi connectivity index (χ3v) is 3.42. The second kappa shape index (κ2) is 4.89. The molecule has 0 atom stereocenters. The maximum absolute atomic E-state index is 13.6. The van der Waals surface area contributed by atoms with Gasteiger partial charge in [0.05, 0.1) is 5.56 Å². The summed E-state index contributed by atoms with van der Waals surface area (Å²) in [5, 5.41) is 2.73. The summed E-state index contributed by atoms with van der Waals surface area (Å²) in [6, 6.07) is 10.8. The summed E-state index contributed by atoms with van der Waals surface area (Å²) in [6.45, 7) is 0.604. The normalized spacial score (nSPS) is 13.6. The Hall–Kier alpha value is -2.49. The number of fused-ring (bicyclic) bond motifs is 1. The molecular weight excluding hydrogens is 257 g/mol. The molecule has 1 heterocycles. The second-order valence-electron chi connectivity index (χ2n) is 4.69. The molecule has 0 spiro atoms. The van der Waals surface area contributed by atoms with Crippen molar-refractivity contribution in [1.82, 2.24) is 5.32 Å². The van der Waals surface area contributed by atoms with Crippen molar-refractivity contribution in [2.75, 3.05) is 6.54 Å². The molecule has 1 N–H and O–H groups in total. The van der Waals surface area contributed by atoms with Crippen LogP contribution in [-0.4, -0.2) is 18.2 Å². The summed E-state index contributed by atoms with van der Waals surface area (Å²) < 4.78 is 13.6. The standard InChI is InChI=1S/C16H12FNO2/c17-14-4-2-1-3-12(14)15(19)11-6-5-10-7-8-18-16(20)13(10)9-11/h1-6,9H,7-8H2,(H,18,20). The van der Waals surface area contributed by atoms with Gasteiger partial charge >= 0.3 is 0 Å². The van der Waals surface area contributed by atoms with Crippen LogP contribution in [0.25, 0.3) is 0 Å². The number of amides is 1. The average molecular weight is 269 g/mol. The van der Waals surface area contributed by atoms with Crippen LogP contribution >= 0.6 is 0 Å². The van der Waals surface area contributed by atoms with E-state index in [0.29, 0.717) is 17.7 Å². The van der Waals surface area contributed by atoms with E-state index in [4.69, 9.17) is 0 Å². The van der Waals surface area contributed by atoms with Crippen molar-refractivity contribution < 1.29 is 14.0 Å². The third-order valence-electron chi connectivity index (χ3n) is 3.42. The van der Waals surface area contributed by atoms with Gasteiger partial charge < -0.3 is 5.32 Å². The number of nitrogens with one attached hydrogen (secondary N) is 1. The molecule has 0 saturated carbocycles. The van der Waals surface area contributed by atoms with Crippen LogP contribution in [0.5, 0.6) is 0 Å². The van der Waals surface area contributed by atoms with Gasteiger partial charge in [-0.15, -0.1) is 0 Å². The van der Waals surface area contributed by atoms with Gasteiger partial charge in [0.15, 0.2) is 5.78 Å². The largest absolute Gasteiger partial charge is 0.352 e. The van der Waals surface area contributed by atoms with Crippen molar-refractivity contribution in [3.8, 4) is 0 Å². The Kier molecular flexibility index (Phi) is 3.06. The molecule has 20 heavy (non-hydrogen) atoms. The van der Waals surface area contributed by atoms with E-state index in [0.717, 1.165) is 12.0 Å². The van der Waals surface area contributed by atoms with E-state index in [1.54, 1.807) is 24.3 Å². The van der Waals surface area contributed by atoms with Gasteiger partial charge in [-0.25, -0.2) is 4.39 Å². The minimum atomic E-state index is -0.556. The lowest BCUT2D eigenvalue weighted by atomic mass is 9.94. The van der Waals surface area contributed by atoms with Crippen molar-refractivity contribution in [2.45, 2.75) is 6.42 Å². The highest BCUT2D eigenvalue weighted by molar-refractivity contribution is 6.10. The maximum Gasteiger partial charge on any atom is 0.251 e. The molecule has 0 aromatic heterocycles. The highest BCUT2D eigenvalue weighted by Gasteiger charge is 2.20. The van der Waals surface area contributed by atoms with Gasteiger partial charge in [0, 0.05) is 17.7 Å². The van der Waals surface area contributed by atoms with Crippen molar-refractivity contribution >= 4 is 11.7 Å². The molecule has 2 aromatic carbocycles. The Morgan fingerprint density at radius 1 is 1.15 bits per heavy atom. The average Bonchev–Trinajstić information content (AvgIpc) is 2.47. The van der Waals surface area contributed by atoms with Gasteiger partial charge in [-0.3, -0.25) is 9.59 Å². The van der Waals surface area contributed by atoms with E-state index in [1.165, 1.54) is 18.2 Å². The quantitative estimate of drug-likeness (QED) is 0.851. The molecule has 100 valence electrons. The van der Waals surface area contributed by atoms with Gasteiger partial charge in [0.1, 0.15) is 5.82 Å². The molecule has 2 aromatic rings. The lowest BCUT2D eigenvalue weighted by molar-refractivity contribution is 0.0946. The predicted molar refractivity (Wildman–Crippen MR) is 72.3 cm³/mol. The lowest BCUT2D eigenvalue weighted by Gasteiger charge is -2.16. The van der Waals surface area contributed by atoms with Gasteiger partial charge in [-0.2, -0.15) is 0 Å². The zero-order valence-electron chi connectivity index (χ0n) is 10.7. The zero-order chi connectivity index (χ0) is 14.1. The molecule has 3 rings (SSSR count). The van der Waals surface area contributed by atoms with Gasteiger partial charge in [-0.05, 0) is 30.2 Å². The van der Waals surface area contributed by atoms with Gasteiger partial charge in [-0.1, -0.05) is 24.3 Å². The summed E-state index contributed by atoms with van der Waals surface area (Å²) in [6.07, 6.45) is 0.745. The Labute approximate surface area is 115 Å². The molecule has 1 aliphatic heterocycles. The molecular formula is C16H12FNO2. The van der Waals surface area contributed by atoms with Crippen molar-refractivity contribution in [3.63, 3.8) is 0 Å². The fourth-order valence-corrected chi connectivity index (χ4v) is 2.35. The van der Waals surface area contributed by atoms with Crippen LogP contribution in [0, 0.1) is 5.82 Å². The van der Waals surface area contributed by atoms with Crippen LogP contribution in [-0.2, 0) is 6.42 Å². The van der Waals surface area contributed by atoms with Crippen molar-refractivity contribution in [2.24, 2.45) is 0 Å². The lowest BCUT2D eigenvalue weighted by Crippen LogP contribution is -2.32. The zero-order valence-corrected chi connectivity index (χ0v) is 10.7. The first kappa shape index (κ1) is 12.5. The summed E-state index contributed by atoms with van der Waals surface area (Å²) in [5.41, 5.74) is 1.76. The van der Waals surface area contributed by atoms with Gasteiger partial charge in [0.2, 0.25) is 0 Å². The fraction of sp³-hybridized carbons (Fsp3) is 0.125. The fourth-order valence-electron chi connectivity index (χ4n) is 2.35. The first-order chi connectivity index (χ1) is 9.66. The van der Waals surface area contributed by atoms with E-state index in [2.05, 4.69) is 5.32 Å². The van der Waals surface area contributed by atoms with Gasteiger partial charge in [0.25, 0.3) is 5.91 Å². The molecule has 3 nitrogen and oxygen atoms in total. The van der Waals surface area contributed by atoms with Crippen LogP contribution in [0.2, 0.25) is 0 Å². The Balaban J connectivity index is 2.03. The summed E-state index contributed by atoms with van der Waals surface area (Å²) >= 11 is 0. The second-order valence-corrected chi connectivity index (χ2v) is 4.69. The molecule has 0 bridgehead atoms. The summed E-state index contributed by atoms with van der Waals surface area (Å²) in [5.74, 6) is -1.15. The minimum Gasteiger partial charge on any atom is -0.352 e. The monoisotopic (exact) mass is 269 g/mol. The minimum absolute atomic E-state index is 0.0173. The molecule has 1 amide bonds. The Morgan fingerprint density at radius 2 is 1.95 bits per heavy atom. The predicted octanol–water partition coefficient (Wildman–Crippen LogP) is 2.34. The van der Waals surface area contributed by atoms with Crippen molar-refractivity contribution in [3.05, 3.63) is 70.5 Å². The van der Waals surface area contributed by atoms with E-state index < -0.39 is 11.6 Å². The number of benzene rings is 2. The molecule has 4 heteroatoms. The molecule has 0 saturated heterocycles. The third kappa shape index (κ3) is 2.09. The Morgan fingerprint density at radius 3 is 2.75 bits per heavy atom. The van der Waals surface area contributed by atoms with E-state index in [-0.39, 0.29) is 11.5 Å². The van der Waals surface area contributed by atoms with E-state index in [1.807, 2.05) is 0 Å². The Bertz CT molecular complexity index is 709. The topological polar surface area (TPSA) is 46.2 Å². The molecule has 0 aliphatic carbocycles. The van der Waals surface area contributed by atoms with Crippen LogP contribution in [0.4, 0.5) is 4.39 Å². The van der Waals surface area contributed by atoms with Crippen LogP contribution < -0.4 is 5.32 Å². The smallest absolute Gasteiger partial charge is 0.251 e. The first-order valence-corrected chi connectivity index (χ1v) is 6.37. The van der Waals surface area contributed by atoms with Crippen LogP contribution in [0.3, 0.4) is 0 Å². The SMILES string of the molecule is O=C(c1ccc2c(c1)C(=O)NCC2)c1ccccc1F. The van der Waals surface area contributed by atoms with Crippen LogP contribution in [0.1, 0.15) is 31.8 Å². The van der Waals surface area contributed by atoms with Crippen molar-refractivity contribution in [1.29, 1.82) is 0 Å². The number of carbonyl (C=O) groups is 2. The summed E-state index contributed by atoms with van der Waals surface area (Å²) in [7, 11) is 0. The maximum atomic E-state index is 13.6. The summed E-state index contributed by atoms with van der Waals surface area (Å²) in [4.78, 5) is 24.1. The van der Waals surface area contributed by atoms with E-state index in [9.17, 15) is 14.0 Å². The van der Waals surface area contributed by atoms with Crippen LogP contribution in [0.15, 0.2) is 42.5 Å². The number of carbonyl (C=O) groups excluding carboxylic acids is 2. The number of rotatable bonds is 2.